The Balaban J connectivity index is 1.98. The lowest BCUT2D eigenvalue weighted by atomic mass is 10.1. The Hall–Kier alpha value is -1.26. The third kappa shape index (κ3) is 2.69. The zero-order valence-electron chi connectivity index (χ0n) is 11.0. The van der Waals surface area contributed by atoms with Crippen LogP contribution in [0.15, 0.2) is 41.1 Å². The van der Waals surface area contributed by atoms with Gasteiger partial charge in [-0.05, 0) is 17.7 Å². The van der Waals surface area contributed by atoms with Crippen LogP contribution in [0.5, 0.6) is 0 Å². The van der Waals surface area contributed by atoms with Crippen LogP contribution in [0.2, 0.25) is 0 Å². The van der Waals surface area contributed by atoms with Gasteiger partial charge in [-0.1, -0.05) is 28.1 Å². The minimum Gasteiger partial charge on any atom is -0.378 e. The highest BCUT2D eigenvalue weighted by molar-refractivity contribution is 9.10. The predicted octanol–water partition coefficient (Wildman–Crippen LogP) is 3.29. The van der Waals surface area contributed by atoms with E-state index in [4.69, 9.17) is 4.74 Å². The van der Waals surface area contributed by atoms with Gasteiger partial charge in [-0.25, -0.2) is 0 Å². The van der Waals surface area contributed by atoms with Crippen LogP contribution in [0.1, 0.15) is 0 Å². The van der Waals surface area contributed by atoms with E-state index in [1.807, 2.05) is 0 Å². The van der Waals surface area contributed by atoms with E-state index >= 15 is 0 Å². The Morgan fingerprint density at radius 3 is 2.42 bits per heavy atom. The minimum absolute atomic E-state index is 0.814. The fraction of sp³-hybridized carbons (Fsp3) is 0.333. The molecule has 3 rings (SSSR count). The van der Waals surface area contributed by atoms with Crippen LogP contribution in [0.3, 0.4) is 0 Å². The molecular weight excluding hydrogens is 304 g/mol. The molecule has 2 aromatic rings. The maximum Gasteiger partial charge on any atom is 0.0642 e. The predicted molar refractivity (Wildman–Crippen MR) is 81.6 cm³/mol. The van der Waals surface area contributed by atoms with E-state index in [1.165, 1.54) is 16.8 Å². The van der Waals surface area contributed by atoms with E-state index in [-0.39, 0.29) is 0 Å². The Morgan fingerprint density at radius 1 is 1.05 bits per heavy atom. The largest absolute Gasteiger partial charge is 0.378 e. The van der Waals surface area contributed by atoms with Gasteiger partial charge >= 0.3 is 0 Å². The van der Waals surface area contributed by atoms with Crippen LogP contribution in [0.25, 0.3) is 11.1 Å². The van der Waals surface area contributed by atoms with Crippen LogP contribution in [0.4, 0.5) is 5.69 Å². The second-order valence-corrected chi connectivity index (χ2v) is 5.74. The maximum absolute atomic E-state index is 5.43. The number of morpholine rings is 1. The van der Waals surface area contributed by atoms with Gasteiger partial charge in [0, 0.05) is 42.6 Å². The van der Waals surface area contributed by atoms with Crippen molar-refractivity contribution in [2.45, 2.75) is 0 Å². The van der Waals surface area contributed by atoms with Gasteiger partial charge < -0.3 is 14.2 Å². The Morgan fingerprint density at radius 2 is 1.74 bits per heavy atom. The first-order chi connectivity index (χ1) is 9.24. The molecule has 0 bridgehead atoms. The number of rotatable bonds is 2. The van der Waals surface area contributed by atoms with Crippen LogP contribution in [-0.4, -0.2) is 30.9 Å². The van der Waals surface area contributed by atoms with E-state index in [0.717, 1.165) is 30.8 Å². The molecule has 3 nitrogen and oxygen atoms in total. The van der Waals surface area contributed by atoms with Crippen molar-refractivity contribution in [3.63, 3.8) is 0 Å². The molecule has 2 heterocycles. The molecule has 19 heavy (non-hydrogen) atoms. The average Bonchev–Trinajstić information content (AvgIpc) is 2.83. The zero-order valence-corrected chi connectivity index (χ0v) is 12.6. The molecule has 1 aliphatic rings. The highest BCUT2D eigenvalue weighted by Crippen LogP contribution is 2.32. The molecule has 100 valence electrons. The highest BCUT2D eigenvalue weighted by Gasteiger charge is 2.17. The number of halogens is 1. The summed E-state index contributed by atoms with van der Waals surface area (Å²) in [6, 6.07) is 8.49. The van der Waals surface area contributed by atoms with E-state index in [2.05, 4.69) is 69.1 Å². The van der Waals surface area contributed by atoms with Gasteiger partial charge in [0.1, 0.15) is 0 Å². The zero-order chi connectivity index (χ0) is 13.2. The van der Waals surface area contributed by atoms with Gasteiger partial charge in [-0.15, -0.1) is 0 Å². The lowest BCUT2D eigenvalue weighted by molar-refractivity contribution is 0.123. The van der Waals surface area contributed by atoms with Gasteiger partial charge in [0.2, 0.25) is 0 Å². The Bertz CT molecular complexity index is 556. The van der Waals surface area contributed by atoms with Gasteiger partial charge in [0.25, 0.3) is 0 Å². The first kappa shape index (κ1) is 12.8. The summed E-state index contributed by atoms with van der Waals surface area (Å²) < 4.78 is 8.67. The van der Waals surface area contributed by atoms with Crippen molar-refractivity contribution in [1.29, 1.82) is 0 Å². The van der Waals surface area contributed by atoms with E-state index in [1.54, 1.807) is 0 Å². The van der Waals surface area contributed by atoms with Crippen LogP contribution >= 0.6 is 15.9 Å². The molecule has 0 aliphatic carbocycles. The summed E-state index contributed by atoms with van der Waals surface area (Å²) in [5.74, 6) is 0. The molecule has 0 radical (unpaired) electrons. The molecule has 1 saturated heterocycles. The lowest BCUT2D eigenvalue weighted by Gasteiger charge is -2.29. The molecule has 0 spiro atoms. The fourth-order valence-electron chi connectivity index (χ4n) is 2.48. The summed E-state index contributed by atoms with van der Waals surface area (Å²) in [6.07, 6.45) is 4.39. The smallest absolute Gasteiger partial charge is 0.0642 e. The number of hydrogen-bond acceptors (Lipinski definition) is 2. The van der Waals surface area contributed by atoms with Crippen molar-refractivity contribution in [1.82, 2.24) is 4.57 Å². The SMILES string of the molecule is Cn1cc(-c2ccc(Br)cc2)c(N2CCOCC2)c1. The number of benzene rings is 1. The van der Waals surface area contributed by atoms with E-state index in [9.17, 15) is 0 Å². The van der Waals surface area contributed by atoms with E-state index < -0.39 is 0 Å². The second-order valence-electron chi connectivity index (χ2n) is 4.83. The van der Waals surface area contributed by atoms with Crippen LogP contribution in [-0.2, 0) is 11.8 Å². The summed E-state index contributed by atoms with van der Waals surface area (Å²) in [6.45, 7) is 3.56. The standard InChI is InChI=1S/C15H17BrN2O/c1-17-10-14(12-2-4-13(16)5-3-12)15(11-17)18-6-8-19-9-7-18/h2-5,10-11H,6-9H2,1H3. The van der Waals surface area contributed by atoms with Crippen molar-refractivity contribution in [3.05, 3.63) is 41.1 Å². The first-order valence-electron chi connectivity index (χ1n) is 6.48. The quantitative estimate of drug-likeness (QED) is 0.844. The molecule has 1 aromatic heterocycles. The van der Waals surface area contributed by atoms with Crippen LogP contribution in [0, 0.1) is 0 Å². The normalized spacial score (nSPS) is 15.8. The van der Waals surface area contributed by atoms with Gasteiger partial charge in [-0.3, -0.25) is 0 Å². The molecule has 0 unspecified atom stereocenters. The molecular formula is C15H17BrN2O. The molecule has 0 amide bonds. The second kappa shape index (κ2) is 5.39. The molecule has 1 aliphatic heterocycles. The third-order valence-electron chi connectivity index (χ3n) is 3.44. The van der Waals surface area contributed by atoms with Crippen molar-refractivity contribution in [2.24, 2.45) is 7.05 Å². The Labute approximate surface area is 121 Å². The molecule has 0 N–H and O–H groups in total. The maximum atomic E-state index is 5.43. The molecule has 0 saturated carbocycles. The van der Waals surface area contributed by atoms with Gasteiger partial charge in [0.15, 0.2) is 0 Å². The van der Waals surface area contributed by atoms with Crippen molar-refractivity contribution in [2.75, 3.05) is 31.2 Å². The highest BCUT2D eigenvalue weighted by atomic mass is 79.9. The van der Waals surface area contributed by atoms with Crippen molar-refractivity contribution in [3.8, 4) is 11.1 Å². The average molecular weight is 321 g/mol. The Kier molecular flexibility index (Phi) is 3.62. The van der Waals surface area contributed by atoms with E-state index in [0.29, 0.717) is 0 Å². The van der Waals surface area contributed by atoms with Crippen LogP contribution < -0.4 is 4.90 Å². The van der Waals surface area contributed by atoms with Crippen molar-refractivity contribution >= 4 is 21.6 Å². The number of aromatic nitrogens is 1. The fourth-order valence-corrected chi connectivity index (χ4v) is 2.74. The topological polar surface area (TPSA) is 17.4 Å². The van der Waals surface area contributed by atoms with Gasteiger partial charge in [0.05, 0.1) is 18.9 Å². The molecule has 0 atom stereocenters. The summed E-state index contributed by atoms with van der Waals surface area (Å²) >= 11 is 3.49. The summed E-state index contributed by atoms with van der Waals surface area (Å²) in [5.41, 5.74) is 3.84. The lowest BCUT2D eigenvalue weighted by Crippen LogP contribution is -2.36. The first-order valence-corrected chi connectivity index (χ1v) is 7.28. The summed E-state index contributed by atoms with van der Waals surface area (Å²) in [5, 5.41) is 0. The minimum atomic E-state index is 0.814. The number of ether oxygens (including phenoxy) is 1. The van der Waals surface area contributed by atoms with Gasteiger partial charge in [-0.2, -0.15) is 0 Å². The molecule has 1 aromatic carbocycles. The molecule has 1 fully saturated rings. The number of hydrogen-bond donors (Lipinski definition) is 0. The number of nitrogens with zero attached hydrogens (tertiary/aromatic N) is 2. The number of anilines is 1. The third-order valence-corrected chi connectivity index (χ3v) is 3.97. The summed E-state index contributed by atoms with van der Waals surface area (Å²) in [4.78, 5) is 2.40. The summed E-state index contributed by atoms with van der Waals surface area (Å²) in [7, 11) is 2.08. The monoisotopic (exact) mass is 320 g/mol. The van der Waals surface area contributed by atoms with Crippen molar-refractivity contribution < 1.29 is 4.74 Å². The number of aryl methyl sites for hydroxylation is 1. The molecule has 4 heteroatoms.